The fourth-order valence-corrected chi connectivity index (χ4v) is 3.12. The van der Waals surface area contributed by atoms with Gasteiger partial charge in [-0.2, -0.15) is 0 Å². The first kappa shape index (κ1) is 15.2. The zero-order valence-electron chi connectivity index (χ0n) is 12.9. The van der Waals surface area contributed by atoms with Crippen molar-refractivity contribution in [2.75, 3.05) is 13.1 Å². The van der Waals surface area contributed by atoms with Gasteiger partial charge in [-0.15, -0.1) is 0 Å². The molecule has 2 nitrogen and oxygen atoms in total. The van der Waals surface area contributed by atoms with Crippen molar-refractivity contribution in [2.45, 2.75) is 58.4 Å². The van der Waals surface area contributed by atoms with Gasteiger partial charge in [0, 0.05) is 24.6 Å². The van der Waals surface area contributed by atoms with Crippen molar-refractivity contribution < 1.29 is 4.79 Å². The van der Waals surface area contributed by atoms with Crippen molar-refractivity contribution in [1.82, 2.24) is 4.90 Å². The molecule has 0 radical (unpaired) electrons. The van der Waals surface area contributed by atoms with E-state index < -0.39 is 0 Å². The van der Waals surface area contributed by atoms with E-state index in [4.69, 9.17) is 0 Å². The summed E-state index contributed by atoms with van der Waals surface area (Å²) in [7, 11) is 0. The summed E-state index contributed by atoms with van der Waals surface area (Å²) in [6.45, 7) is 6.41. The van der Waals surface area contributed by atoms with E-state index >= 15 is 0 Å². The van der Waals surface area contributed by atoms with Crippen molar-refractivity contribution in [2.24, 2.45) is 0 Å². The molecule has 1 atom stereocenters. The van der Waals surface area contributed by atoms with Gasteiger partial charge in [-0.25, -0.2) is 0 Å². The molecular formula is C18H27NO. The third-order valence-corrected chi connectivity index (χ3v) is 4.47. The van der Waals surface area contributed by atoms with E-state index in [2.05, 4.69) is 18.7 Å². The molecule has 1 aromatic carbocycles. The molecule has 2 rings (SSSR count). The van der Waals surface area contributed by atoms with Crippen LogP contribution in [0.5, 0.6) is 0 Å². The number of ketones is 1. The largest absolute Gasteiger partial charge is 0.300 e. The molecule has 0 bridgehead atoms. The van der Waals surface area contributed by atoms with Gasteiger partial charge in [-0.3, -0.25) is 9.69 Å². The fraction of sp³-hybridized carbons (Fsp3) is 0.611. The van der Waals surface area contributed by atoms with Gasteiger partial charge in [0.25, 0.3) is 0 Å². The minimum atomic E-state index is 0.282. The average Bonchev–Trinajstić information content (AvgIpc) is 2.70. The summed E-state index contributed by atoms with van der Waals surface area (Å²) < 4.78 is 0. The first-order valence-electron chi connectivity index (χ1n) is 8.04. The van der Waals surface area contributed by atoms with E-state index in [0.717, 1.165) is 12.1 Å². The third-order valence-electron chi connectivity index (χ3n) is 4.47. The lowest BCUT2D eigenvalue weighted by Crippen LogP contribution is -2.36. The quantitative estimate of drug-likeness (QED) is 0.749. The number of benzene rings is 1. The molecule has 1 aliphatic heterocycles. The third kappa shape index (κ3) is 4.17. The number of hydrogen-bond acceptors (Lipinski definition) is 2. The Bertz CT molecular complexity index is 424. The highest BCUT2D eigenvalue weighted by Crippen LogP contribution is 2.19. The standard InChI is InChI=1S/C18H27NO/c1-3-17-7-5-4-6-13-19(17)14-12-18(20)16-10-8-15(2)9-11-16/h8-11,17H,3-7,12-14H2,1-2H3. The highest BCUT2D eigenvalue weighted by molar-refractivity contribution is 5.96. The number of hydrogen-bond donors (Lipinski definition) is 0. The zero-order valence-corrected chi connectivity index (χ0v) is 12.9. The Kier molecular flexibility index (Phi) is 5.78. The first-order chi connectivity index (χ1) is 9.70. The van der Waals surface area contributed by atoms with E-state index in [0.29, 0.717) is 12.5 Å². The highest BCUT2D eigenvalue weighted by atomic mass is 16.1. The Balaban J connectivity index is 1.89. The lowest BCUT2D eigenvalue weighted by molar-refractivity contribution is 0.0949. The Hall–Kier alpha value is -1.15. The molecule has 0 amide bonds. The average molecular weight is 273 g/mol. The normalized spacial score (nSPS) is 20.6. The minimum Gasteiger partial charge on any atom is -0.300 e. The molecule has 20 heavy (non-hydrogen) atoms. The predicted molar refractivity (Wildman–Crippen MR) is 84.2 cm³/mol. The van der Waals surface area contributed by atoms with Gasteiger partial charge in [0.05, 0.1) is 0 Å². The molecule has 0 saturated carbocycles. The second kappa shape index (κ2) is 7.58. The number of aryl methyl sites for hydroxylation is 1. The highest BCUT2D eigenvalue weighted by Gasteiger charge is 2.20. The van der Waals surface area contributed by atoms with Crippen molar-refractivity contribution in [1.29, 1.82) is 0 Å². The summed E-state index contributed by atoms with van der Waals surface area (Å²) in [5, 5.41) is 0. The Labute approximate surface area is 123 Å². The van der Waals surface area contributed by atoms with Gasteiger partial charge in [-0.1, -0.05) is 49.6 Å². The van der Waals surface area contributed by atoms with Gasteiger partial charge in [0.1, 0.15) is 0 Å². The first-order valence-corrected chi connectivity index (χ1v) is 8.04. The van der Waals surface area contributed by atoms with Gasteiger partial charge in [0.2, 0.25) is 0 Å². The smallest absolute Gasteiger partial charge is 0.164 e. The van der Waals surface area contributed by atoms with Crippen LogP contribution in [0.4, 0.5) is 0 Å². The molecule has 1 unspecified atom stereocenters. The molecule has 1 aliphatic rings. The maximum Gasteiger partial charge on any atom is 0.164 e. The molecule has 2 heteroatoms. The van der Waals surface area contributed by atoms with Gasteiger partial charge in [0.15, 0.2) is 5.78 Å². The topological polar surface area (TPSA) is 20.3 Å². The van der Waals surface area contributed by atoms with E-state index in [1.165, 1.54) is 44.2 Å². The molecule has 1 aromatic rings. The van der Waals surface area contributed by atoms with E-state index in [9.17, 15) is 4.79 Å². The van der Waals surface area contributed by atoms with Crippen LogP contribution in [0.3, 0.4) is 0 Å². The van der Waals surface area contributed by atoms with Gasteiger partial charge >= 0.3 is 0 Å². The van der Waals surface area contributed by atoms with Crippen LogP contribution in [0.1, 0.15) is 61.4 Å². The number of likely N-dealkylation sites (tertiary alicyclic amines) is 1. The molecule has 0 aliphatic carbocycles. The summed E-state index contributed by atoms with van der Waals surface area (Å²) in [6, 6.07) is 8.64. The Morgan fingerprint density at radius 1 is 1.20 bits per heavy atom. The number of rotatable bonds is 5. The lowest BCUT2D eigenvalue weighted by atomic mass is 10.0. The predicted octanol–water partition coefficient (Wildman–Crippen LogP) is 4.22. The van der Waals surface area contributed by atoms with E-state index in [-0.39, 0.29) is 5.78 Å². The number of carbonyl (C=O) groups is 1. The van der Waals surface area contributed by atoms with Crippen LogP contribution < -0.4 is 0 Å². The monoisotopic (exact) mass is 273 g/mol. The van der Waals surface area contributed by atoms with E-state index in [1.807, 2.05) is 24.3 Å². The maximum atomic E-state index is 12.3. The van der Waals surface area contributed by atoms with Crippen molar-refractivity contribution >= 4 is 5.78 Å². The van der Waals surface area contributed by atoms with Crippen LogP contribution in [-0.4, -0.2) is 29.8 Å². The Morgan fingerprint density at radius 3 is 2.65 bits per heavy atom. The maximum absolute atomic E-state index is 12.3. The summed E-state index contributed by atoms with van der Waals surface area (Å²) in [4.78, 5) is 14.8. The summed E-state index contributed by atoms with van der Waals surface area (Å²) in [5.41, 5.74) is 2.07. The molecule has 1 saturated heterocycles. The lowest BCUT2D eigenvalue weighted by Gasteiger charge is -2.28. The SMILES string of the molecule is CCC1CCCCCN1CCC(=O)c1ccc(C)cc1. The molecule has 0 aromatic heterocycles. The second-order valence-electron chi connectivity index (χ2n) is 5.99. The van der Waals surface area contributed by atoms with Crippen LogP contribution in [0.25, 0.3) is 0 Å². The van der Waals surface area contributed by atoms with Crippen molar-refractivity contribution in [3.8, 4) is 0 Å². The van der Waals surface area contributed by atoms with Crippen molar-refractivity contribution in [3.63, 3.8) is 0 Å². The van der Waals surface area contributed by atoms with E-state index in [1.54, 1.807) is 0 Å². The number of nitrogens with zero attached hydrogens (tertiary/aromatic N) is 1. The molecule has 0 N–H and O–H groups in total. The second-order valence-corrected chi connectivity index (χ2v) is 5.99. The summed E-state index contributed by atoms with van der Waals surface area (Å²) in [6.07, 6.45) is 7.14. The zero-order chi connectivity index (χ0) is 14.4. The van der Waals surface area contributed by atoms with Crippen LogP contribution in [0, 0.1) is 6.92 Å². The molecule has 110 valence electrons. The van der Waals surface area contributed by atoms with Crippen LogP contribution in [0.15, 0.2) is 24.3 Å². The number of carbonyl (C=O) groups excluding carboxylic acids is 1. The Morgan fingerprint density at radius 2 is 1.95 bits per heavy atom. The number of Topliss-reactive ketones (excluding diaryl/α,β-unsaturated/α-hetero) is 1. The molecule has 1 fully saturated rings. The summed E-state index contributed by atoms with van der Waals surface area (Å²) >= 11 is 0. The van der Waals surface area contributed by atoms with Crippen LogP contribution in [-0.2, 0) is 0 Å². The van der Waals surface area contributed by atoms with Gasteiger partial charge < -0.3 is 0 Å². The molecular weight excluding hydrogens is 246 g/mol. The van der Waals surface area contributed by atoms with Crippen LogP contribution in [0.2, 0.25) is 0 Å². The van der Waals surface area contributed by atoms with Gasteiger partial charge in [-0.05, 0) is 32.7 Å². The van der Waals surface area contributed by atoms with Crippen LogP contribution >= 0.6 is 0 Å². The molecule has 0 spiro atoms. The minimum absolute atomic E-state index is 0.282. The fourth-order valence-electron chi connectivity index (χ4n) is 3.12. The van der Waals surface area contributed by atoms with Crippen molar-refractivity contribution in [3.05, 3.63) is 35.4 Å². The molecule has 1 heterocycles. The summed E-state index contributed by atoms with van der Waals surface area (Å²) in [5.74, 6) is 0.282.